The number of thiol groups is 3. The number of amides is 19. The van der Waals surface area contributed by atoms with Gasteiger partial charge in [-0.15, -0.1) is 0 Å². The molecule has 4 fully saturated rings. The van der Waals surface area contributed by atoms with E-state index in [0.29, 0.717) is 32.1 Å². The fourth-order valence-corrected chi connectivity index (χ4v) is 18.0. The molecule has 22 atom stereocenters. The van der Waals surface area contributed by atoms with Crippen molar-refractivity contribution < 1.29 is 146 Å². The molecule has 0 radical (unpaired) electrons. The first-order chi connectivity index (χ1) is 71.1. The summed E-state index contributed by atoms with van der Waals surface area (Å²) >= 11 is 12.8. The second kappa shape index (κ2) is 65.1. The zero-order chi connectivity index (χ0) is 112. The van der Waals surface area contributed by atoms with Crippen molar-refractivity contribution in [1.82, 2.24) is 109 Å². The molecule has 1 aromatic rings. The second-order valence-electron chi connectivity index (χ2n) is 37.6. The molecule has 0 spiro atoms. The molecule has 5 rings (SSSR count). The SMILES string of the molecule is CC(C)[C@H](NC(=O)[C@H](CCCCN)NC(=O)[C@H](CCCCN)NC(=O)[C@@H](N)CC(=O)O)C(=O)N[C@@H](CCC(=O)O)C(=O)N1CCC[C@H]1C(=O)N[C@@H](CCCCN)C(=O)N[C@@H](CO)C(=O)N[C@@H](CS)C(=O)N[C@@H](CC(=O)O)C(=O)N[C@@H](CCCCN)C(=O)N[C@H](C(=O)N[C@@H](Cc1c[nH]cn1)C(=O)N[C@H](C(=O)N[C@@H](CS)C(=O)N1CCC[C@H]1C(=O)N1CCC[C@H]1C(=O)N[C@@H](CS)C(=O)N1CCC[C@H]1C(=O)N[C@@H](C)C(=O)O)[C@@H](C)O)[C@@H](C)O. The van der Waals surface area contributed by atoms with Crippen LogP contribution < -0.4 is 108 Å². The molecule has 150 heavy (non-hydrogen) atoms. The van der Waals surface area contributed by atoms with Crippen molar-refractivity contribution in [2.45, 2.75) is 328 Å². The zero-order valence-corrected chi connectivity index (χ0v) is 87.3. The van der Waals surface area contributed by atoms with Crippen molar-refractivity contribution >= 4 is 174 Å². The van der Waals surface area contributed by atoms with E-state index in [1.54, 1.807) is 0 Å². The Labute approximate surface area is 882 Å². The van der Waals surface area contributed by atoms with Gasteiger partial charge >= 0.3 is 23.9 Å². The summed E-state index contributed by atoms with van der Waals surface area (Å²) in [5.41, 5.74) is 28.9. The number of carboxylic acids is 4. The van der Waals surface area contributed by atoms with E-state index >= 15 is 0 Å². The van der Waals surface area contributed by atoms with Crippen LogP contribution in [0.1, 0.15) is 194 Å². The van der Waals surface area contributed by atoms with Gasteiger partial charge in [-0.3, -0.25) is 110 Å². The lowest BCUT2D eigenvalue weighted by molar-refractivity contribution is -0.148. The van der Waals surface area contributed by atoms with Gasteiger partial charge in [-0.2, -0.15) is 37.9 Å². The number of aromatic nitrogens is 2. The molecule has 19 amide bonds. The summed E-state index contributed by atoms with van der Waals surface area (Å²) in [4.78, 5) is 329. The van der Waals surface area contributed by atoms with Gasteiger partial charge in [-0.1, -0.05) is 13.8 Å². The lowest BCUT2D eigenvalue weighted by atomic mass is 10.00. The van der Waals surface area contributed by atoms with Crippen molar-refractivity contribution in [3.05, 3.63) is 18.2 Å². The number of carbonyl (C=O) groups excluding carboxylic acids is 19. The third kappa shape index (κ3) is 40.2. The minimum Gasteiger partial charge on any atom is -0.481 e. The maximum absolute atomic E-state index is 14.7. The van der Waals surface area contributed by atoms with Gasteiger partial charge < -0.3 is 169 Å². The number of carbonyl (C=O) groups is 23. The number of hydrogen-bond donors (Lipinski definition) is 31. The molecule has 4 aliphatic heterocycles. The van der Waals surface area contributed by atoms with Crippen molar-refractivity contribution in [2.24, 2.45) is 34.6 Å². The predicted molar refractivity (Wildman–Crippen MR) is 541 cm³/mol. The van der Waals surface area contributed by atoms with Crippen LogP contribution in [0.4, 0.5) is 0 Å². The van der Waals surface area contributed by atoms with Crippen molar-refractivity contribution in [3.8, 4) is 0 Å². The quantitative estimate of drug-likeness (QED) is 0.0213. The summed E-state index contributed by atoms with van der Waals surface area (Å²) < 4.78 is 0. The van der Waals surface area contributed by atoms with Crippen molar-refractivity contribution in [1.29, 1.82) is 0 Å². The summed E-state index contributed by atoms with van der Waals surface area (Å²) in [6, 6.07) is -31.4. The van der Waals surface area contributed by atoms with Crippen LogP contribution in [-0.4, -0.2) is 411 Å². The van der Waals surface area contributed by atoms with Crippen molar-refractivity contribution in [3.63, 3.8) is 0 Å². The maximum atomic E-state index is 14.7. The molecule has 5 heterocycles. The van der Waals surface area contributed by atoms with Crippen LogP contribution in [0.2, 0.25) is 0 Å². The molecular weight excluding hydrogens is 2030 g/mol. The third-order valence-electron chi connectivity index (χ3n) is 25.6. The smallest absolute Gasteiger partial charge is 0.325 e. The lowest BCUT2D eigenvalue weighted by Crippen LogP contribution is -2.63. The number of aliphatic hydroxyl groups excluding tert-OH is 3. The molecule has 0 aliphatic carbocycles. The summed E-state index contributed by atoms with van der Waals surface area (Å²) in [7, 11) is 0. The molecule has 4 aliphatic rings. The molecular formula is C91H150N26O30S3. The number of unbranched alkanes of at least 4 members (excludes halogenated alkanes) is 4. The van der Waals surface area contributed by atoms with E-state index in [-0.39, 0.29) is 160 Å². The Morgan fingerprint density at radius 3 is 1.11 bits per heavy atom. The summed E-state index contributed by atoms with van der Waals surface area (Å²) in [5, 5.41) is 108. The third-order valence-corrected chi connectivity index (χ3v) is 26.7. The average molecular weight is 2180 g/mol. The Hall–Kier alpha value is -12.2. The predicted octanol–water partition coefficient (Wildman–Crippen LogP) is -10.9. The maximum Gasteiger partial charge on any atom is 0.325 e. The topological polar surface area (TPSA) is 886 Å². The van der Waals surface area contributed by atoms with Gasteiger partial charge in [0.1, 0.15) is 115 Å². The highest BCUT2D eigenvalue weighted by atomic mass is 32.1. The van der Waals surface area contributed by atoms with Gasteiger partial charge in [0.15, 0.2) is 0 Å². The van der Waals surface area contributed by atoms with Gasteiger partial charge in [-0.05, 0) is 188 Å². The molecule has 0 unspecified atom stereocenters. The number of imidazole rings is 1. The van der Waals surface area contributed by atoms with E-state index in [9.17, 15) is 146 Å². The fraction of sp³-hybridized carbons (Fsp3) is 0.714. The van der Waals surface area contributed by atoms with E-state index in [1.165, 1.54) is 48.0 Å². The summed E-state index contributed by atoms with van der Waals surface area (Å²) in [6.07, 6.45) is -1.89. The minimum absolute atomic E-state index is 0.0111. The number of likely N-dealkylation sites (tertiary alicyclic amines) is 4. The second-order valence-corrected chi connectivity index (χ2v) is 38.6. The van der Waals surface area contributed by atoms with Gasteiger partial charge in [0.2, 0.25) is 112 Å². The fourth-order valence-electron chi connectivity index (χ4n) is 17.2. The largest absolute Gasteiger partial charge is 0.481 e. The van der Waals surface area contributed by atoms with Gasteiger partial charge in [0, 0.05) is 62.5 Å². The molecule has 4 saturated heterocycles. The van der Waals surface area contributed by atoms with Crippen LogP contribution in [0, 0.1) is 5.92 Å². The molecule has 56 nitrogen and oxygen atoms in total. The molecule has 1 aromatic heterocycles. The Balaban J connectivity index is 1.27. The average Bonchev–Trinajstić information content (AvgIpc) is 1.64. The number of nitrogens with zero attached hydrogens (tertiary/aromatic N) is 5. The monoisotopic (exact) mass is 2180 g/mol. The molecule has 59 heteroatoms. The summed E-state index contributed by atoms with van der Waals surface area (Å²) in [5.74, 6) is -27.1. The number of nitrogens with one attached hydrogen (secondary N) is 16. The van der Waals surface area contributed by atoms with E-state index in [4.69, 9.17) is 28.7 Å². The first-order valence-corrected chi connectivity index (χ1v) is 52.0. The standard InChI is InChI=1S/C91H150N26O30S3/c1-45(2)69(111-75(130)53(20-8-12-30-94)101-73(128)51(18-6-10-28-92)100-72(127)50(96)37-67(123)124)84(139)104-55(26-27-66(121)122)87(142)114-32-15-23-63(114)82(137)103-52(19-7-11-29-93)74(129)107-58(40-118)79(134)108-59(41-148)80(135)105-57(38-68(125)126)77(132)102-54(21-9-13-31-95)76(131)112-70(47(4)119)85(140)106-56(36-49-39-97-44-98-49)78(133)113-71(48(5)120)86(141)110-61(43-150)89(144)117-35-17-25-65(117)90(145)116-34-16-24-64(116)83(138)109-60(42-149)88(143)115-33-14-22-62(115)81(136)99-46(3)91(146)147/h39,44-48,50-65,69-71,118-120,148-150H,6-38,40-43,92-96H2,1-5H3,(H,97,98)(H,99,136)(H,100,127)(H,101,128)(H,102,132)(H,103,137)(H,104,139)(H,105,135)(H,106,140)(H,107,129)(H,108,134)(H,109,138)(H,110,141)(H,111,130)(H,112,131)(H,113,133)(H,121,122)(H,123,124)(H,125,126)(H,146,147)/t46-,47+,48+,50-,51-,52-,53-,54-,55-,56-,57-,58-,59-,60-,61-,62-,63-,64-,65-,69-,70-,71-/m0/s1. The van der Waals surface area contributed by atoms with E-state index in [1.807, 2.05) is 0 Å². The van der Waals surface area contributed by atoms with Crippen molar-refractivity contribution in [2.75, 3.05) is 76.2 Å². The molecule has 33 N–H and O–H groups in total. The Bertz CT molecular complexity index is 4780. The number of aliphatic hydroxyl groups is 3. The minimum atomic E-state index is -2.12. The Morgan fingerprint density at radius 2 is 0.693 bits per heavy atom. The highest BCUT2D eigenvalue weighted by molar-refractivity contribution is 7.80. The zero-order valence-electron chi connectivity index (χ0n) is 84.6. The van der Waals surface area contributed by atoms with Crippen LogP contribution in [-0.2, 0) is 117 Å². The number of H-pyrrole nitrogens is 1. The van der Waals surface area contributed by atoms with Crippen LogP contribution in [0.25, 0.3) is 0 Å². The summed E-state index contributed by atoms with van der Waals surface area (Å²) in [6.45, 7) is 5.78. The molecule has 0 saturated carbocycles. The first kappa shape index (κ1) is 128. The molecule has 0 bridgehead atoms. The Morgan fingerprint density at radius 1 is 0.367 bits per heavy atom. The molecule has 842 valence electrons. The van der Waals surface area contributed by atoms with Crippen LogP contribution in [0.15, 0.2) is 12.5 Å². The van der Waals surface area contributed by atoms with E-state index in [2.05, 4.69) is 128 Å². The van der Waals surface area contributed by atoms with Crippen LogP contribution in [0.3, 0.4) is 0 Å². The van der Waals surface area contributed by atoms with Gasteiger partial charge in [0.25, 0.3) is 0 Å². The van der Waals surface area contributed by atoms with Crippen LogP contribution in [0.5, 0.6) is 0 Å². The highest BCUT2D eigenvalue weighted by Crippen LogP contribution is 2.29. The number of aliphatic carboxylic acids is 4. The van der Waals surface area contributed by atoms with E-state index < -0.39 is 325 Å². The number of carboxylic acid groups (broad SMARTS) is 4. The normalized spacial score (nSPS) is 19.0. The Kier molecular flexibility index (Phi) is 55.6. The first-order valence-electron chi connectivity index (χ1n) is 50.1. The van der Waals surface area contributed by atoms with Gasteiger partial charge in [-0.25, -0.2) is 4.98 Å². The number of hydrogen-bond acceptors (Lipinski definition) is 35. The lowest BCUT2D eigenvalue weighted by Gasteiger charge is -2.34. The number of rotatable bonds is 67. The number of nitrogens with two attached hydrogens (primary N) is 5. The molecule has 0 aromatic carbocycles. The number of aromatic amines is 1. The highest BCUT2D eigenvalue weighted by Gasteiger charge is 2.49. The van der Waals surface area contributed by atoms with Gasteiger partial charge in [0.05, 0.1) is 49.7 Å². The van der Waals surface area contributed by atoms with E-state index in [0.717, 1.165) is 18.7 Å². The van der Waals surface area contributed by atoms with Crippen LogP contribution >= 0.6 is 37.9 Å².